The number of esters is 1. The standard InChI is InChI=1S/C28H49NO6/c1-26(2,3)28(25(34)35-27(4,5)6,29-22(30)19-20-23(29)31)21-17-15-13-11-9-7-8-10-12-14-16-18-24(32)33/h7-21H2,1-6H3,(H,32,33). The Bertz CT molecular complexity index is 702. The second kappa shape index (κ2) is 14.0. The summed E-state index contributed by atoms with van der Waals surface area (Å²) in [5, 5.41) is 8.65. The molecule has 202 valence electrons. The Labute approximate surface area is 212 Å². The highest BCUT2D eigenvalue weighted by Crippen LogP contribution is 2.44. The molecule has 7 nitrogen and oxygen atoms in total. The second-order valence-corrected chi connectivity index (χ2v) is 12.0. The van der Waals surface area contributed by atoms with Gasteiger partial charge < -0.3 is 9.84 Å². The molecule has 1 N–H and O–H groups in total. The molecule has 0 aromatic carbocycles. The van der Waals surface area contributed by atoms with E-state index in [0.29, 0.717) is 6.42 Å². The van der Waals surface area contributed by atoms with Crippen molar-refractivity contribution in [3.63, 3.8) is 0 Å². The topological polar surface area (TPSA) is 101 Å². The van der Waals surface area contributed by atoms with Crippen LogP contribution in [0.15, 0.2) is 0 Å². The van der Waals surface area contributed by atoms with Crippen molar-refractivity contribution >= 4 is 23.8 Å². The number of nitrogens with zero attached hydrogens (tertiary/aromatic N) is 1. The molecule has 35 heavy (non-hydrogen) atoms. The summed E-state index contributed by atoms with van der Waals surface area (Å²) in [5.41, 5.74) is -2.67. The predicted molar refractivity (Wildman–Crippen MR) is 137 cm³/mol. The molecular formula is C28H49NO6. The Morgan fingerprint density at radius 2 is 1.14 bits per heavy atom. The van der Waals surface area contributed by atoms with Crippen LogP contribution in [0.5, 0.6) is 0 Å². The fraction of sp³-hybridized carbons (Fsp3) is 0.857. The van der Waals surface area contributed by atoms with Gasteiger partial charge in [0.15, 0.2) is 5.54 Å². The molecule has 1 heterocycles. The fourth-order valence-corrected chi connectivity index (χ4v) is 4.93. The summed E-state index contributed by atoms with van der Waals surface area (Å²) in [6.07, 6.45) is 12.4. The summed E-state index contributed by atoms with van der Waals surface area (Å²) in [5.74, 6) is -1.75. The molecular weight excluding hydrogens is 446 g/mol. The van der Waals surface area contributed by atoms with E-state index >= 15 is 0 Å². The van der Waals surface area contributed by atoms with Crippen LogP contribution in [0.25, 0.3) is 0 Å². The van der Waals surface area contributed by atoms with Gasteiger partial charge in [-0.25, -0.2) is 4.79 Å². The largest absolute Gasteiger partial charge is 0.481 e. The number of carbonyl (C=O) groups excluding carboxylic acids is 3. The zero-order valence-electron chi connectivity index (χ0n) is 23.0. The Morgan fingerprint density at radius 1 is 0.743 bits per heavy atom. The van der Waals surface area contributed by atoms with Crippen molar-refractivity contribution in [3.05, 3.63) is 0 Å². The average Bonchev–Trinajstić information content (AvgIpc) is 3.04. The number of imide groups is 1. The Balaban J connectivity index is 2.59. The lowest BCUT2D eigenvalue weighted by molar-refractivity contribution is -0.185. The number of hydrogen-bond acceptors (Lipinski definition) is 5. The number of carboxylic acids is 1. The number of unbranched alkanes of at least 4 members (excludes halogenated alkanes) is 10. The summed E-state index contributed by atoms with van der Waals surface area (Å²) < 4.78 is 5.79. The lowest BCUT2D eigenvalue weighted by Crippen LogP contribution is -2.65. The SMILES string of the molecule is CC(C)(C)OC(=O)C(CCCCCCCCCCCCCC(=O)O)(N1C(=O)CCC1=O)C(C)(C)C. The molecule has 0 saturated carbocycles. The lowest BCUT2D eigenvalue weighted by Gasteiger charge is -2.48. The maximum absolute atomic E-state index is 13.6. The third-order valence-corrected chi connectivity index (χ3v) is 6.84. The van der Waals surface area contributed by atoms with Crippen LogP contribution in [0.3, 0.4) is 0 Å². The van der Waals surface area contributed by atoms with Gasteiger partial charge in [-0.15, -0.1) is 0 Å². The smallest absolute Gasteiger partial charge is 0.333 e. The van der Waals surface area contributed by atoms with Crippen LogP contribution in [0, 0.1) is 5.41 Å². The number of amides is 2. The normalized spacial score (nSPS) is 16.5. The number of carbonyl (C=O) groups is 4. The highest BCUT2D eigenvalue weighted by Gasteiger charge is 2.59. The second-order valence-electron chi connectivity index (χ2n) is 12.0. The molecule has 1 rings (SSSR count). The maximum Gasteiger partial charge on any atom is 0.333 e. The van der Waals surface area contributed by atoms with E-state index in [4.69, 9.17) is 9.84 Å². The van der Waals surface area contributed by atoms with E-state index in [2.05, 4.69) is 0 Å². The number of carboxylic acid groups (broad SMARTS) is 1. The predicted octanol–water partition coefficient (Wildman–Crippen LogP) is 6.42. The monoisotopic (exact) mass is 495 g/mol. The minimum Gasteiger partial charge on any atom is -0.481 e. The summed E-state index contributed by atoms with van der Waals surface area (Å²) in [6, 6.07) is 0. The van der Waals surface area contributed by atoms with E-state index in [-0.39, 0.29) is 31.1 Å². The summed E-state index contributed by atoms with van der Waals surface area (Å²) >= 11 is 0. The molecule has 1 unspecified atom stereocenters. The van der Waals surface area contributed by atoms with Crippen molar-refractivity contribution in [2.24, 2.45) is 5.41 Å². The molecule has 0 bridgehead atoms. The van der Waals surface area contributed by atoms with Gasteiger partial charge in [0, 0.05) is 19.3 Å². The third kappa shape index (κ3) is 9.92. The highest BCUT2D eigenvalue weighted by molar-refractivity contribution is 6.06. The minimum atomic E-state index is -1.30. The van der Waals surface area contributed by atoms with Crippen LogP contribution in [0.2, 0.25) is 0 Å². The Kier molecular flexibility index (Phi) is 12.4. The fourth-order valence-electron chi connectivity index (χ4n) is 4.93. The van der Waals surface area contributed by atoms with Crippen LogP contribution in [-0.2, 0) is 23.9 Å². The summed E-state index contributed by atoms with van der Waals surface area (Å²) in [7, 11) is 0. The van der Waals surface area contributed by atoms with Crippen molar-refractivity contribution in [1.82, 2.24) is 4.90 Å². The highest BCUT2D eigenvalue weighted by atomic mass is 16.6. The van der Waals surface area contributed by atoms with E-state index in [9.17, 15) is 19.2 Å². The first-order valence-corrected chi connectivity index (χ1v) is 13.5. The molecule has 1 aliphatic rings. The minimum absolute atomic E-state index is 0.152. The number of ether oxygens (including phenoxy) is 1. The van der Waals surface area contributed by atoms with Crippen molar-refractivity contribution in [3.8, 4) is 0 Å². The summed E-state index contributed by atoms with van der Waals surface area (Å²) in [4.78, 5) is 50.9. The molecule has 1 fully saturated rings. The average molecular weight is 496 g/mol. The quantitative estimate of drug-likeness (QED) is 0.151. The van der Waals surface area contributed by atoms with Crippen LogP contribution in [0.4, 0.5) is 0 Å². The van der Waals surface area contributed by atoms with Crippen LogP contribution in [-0.4, -0.2) is 44.9 Å². The van der Waals surface area contributed by atoms with Gasteiger partial charge in [0.25, 0.3) is 0 Å². The third-order valence-electron chi connectivity index (χ3n) is 6.84. The molecule has 1 saturated heterocycles. The van der Waals surface area contributed by atoms with E-state index < -0.39 is 28.5 Å². The molecule has 0 aromatic heterocycles. The molecule has 2 amide bonds. The molecule has 0 radical (unpaired) electrons. The van der Waals surface area contributed by atoms with Gasteiger partial charge in [0.2, 0.25) is 11.8 Å². The van der Waals surface area contributed by atoms with Gasteiger partial charge in [-0.3, -0.25) is 19.3 Å². The van der Waals surface area contributed by atoms with Gasteiger partial charge in [-0.2, -0.15) is 0 Å². The first-order chi connectivity index (χ1) is 16.2. The first-order valence-electron chi connectivity index (χ1n) is 13.5. The van der Waals surface area contributed by atoms with Crippen LogP contribution >= 0.6 is 0 Å². The number of aliphatic carboxylic acids is 1. The van der Waals surface area contributed by atoms with Crippen molar-refractivity contribution in [2.75, 3.05) is 0 Å². The number of hydrogen-bond donors (Lipinski definition) is 1. The van der Waals surface area contributed by atoms with E-state index in [1.54, 1.807) is 0 Å². The molecule has 1 aliphatic heterocycles. The van der Waals surface area contributed by atoms with Crippen LogP contribution < -0.4 is 0 Å². The Morgan fingerprint density at radius 3 is 1.51 bits per heavy atom. The van der Waals surface area contributed by atoms with Gasteiger partial charge in [-0.1, -0.05) is 85.0 Å². The van der Waals surface area contributed by atoms with E-state index in [1.165, 1.54) is 17.7 Å². The lowest BCUT2D eigenvalue weighted by atomic mass is 9.69. The van der Waals surface area contributed by atoms with Gasteiger partial charge >= 0.3 is 11.9 Å². The molecule has 0 aromatic rings. The number of likely N-dealkylation sites (tertiary alicyclic amines) is 1. The Hall–Kier alpha value is -1.92. The van der Waals surface area contributed by atoms with Gasteiger partial charge in [-0.05, 0) is 39.0 Å². The first kappa shape index (κ1) is 31.1. The molecule has 1 atom stereocenters. The van der Waals surface area contributed by atoms with Crippen molar-refractivity contribution < 1.29 is 29.0 Å². The summed E-state index contributed by atoms with van der Waals surface area (Å²) in [6.45, 7) is 11.2. The van der Waals surface area contributed by atoms with Gasteiger partial charge in [0.1, 0.15) is 5.60 Å². The van der Waals surface area contributed by atoms with Gasteiger partial charge in [0.05, 0.1) is 0 Å². The maximum atomic E-state index is 13.6. The zero-order chi connectivity index (χ0) is 26.7. The molecule has 0 spiro atoms. The molecule has 0 aliphatic carbocycles. The molecule has 7 heteroatoms. The van der Waals surface area contributed by atoms with Crippen molar-refractivity contribution in [2.45, 2.75) is 149 Å². The van der Waals surface area contributed by atoms with Crippen molar-refractivity contribution in [1.29, 1.82) is 0 Å². The van der Waals surface area contributed by atoms with E-state index in [0.717, 1.165) is 57.8 Å². The van der Waals surface area contributed by atoms with Crippen LogP contribution in [0.1, 0.15) is 138 Å². The number of rotatable bonds is 16. The van der Waals surface area contributed by atoms with E-state index in [1.807, 2.05) is 41.5 Å². The zero-order valence-corrected chi connectivity index (χ0v) is 23.0.